The fraction of sp³-hybridized carbons (Fsp3) is 1.00. The summed E-state index contributed by atoms with van der Waals surface area (Å²) < 4.78 is 0. The second kappa shape index (κ2) is 29.0. The minimum atomic E-state index is -1.08. The van der Waals surface area contributed by atoms with Gasteiger partial charge in [-0.3, -0.25) is 0 Å². The molecule has 0 fully saturated rings. The van der Waals surface area contributed by atoms with E-state index in [2.05, 4.69) is 27.7 Å². The molecule has 0 aromatic heterocycles. The van der Waals surface area contributed by atoms with Crippen LogP contribution in [-0.4, -0.2) is 24.6 Å². The molecule has 0 heterocycles. The van der Waals surface area contributed by atoms with Gasteiger partial charge in [-0.1, -0.05) is 0 Å². The fourth-order valence-corrected chi connectivity index (χ4v) is 11.7. The second-order valence-electron chi connectivity index (χ2n) is 12.3. The van der Waals surface area contributed by atoms with Crippen molar-refractivity contribution in [2.45, 2.75) is 195 Å². The van der Waals surface area contributed by atoms with E-state index in [1.165, 1.54) is 141 Å². The van der Waals surface area contributed by atoms with Gasteiger partial charge in [0, 0.05) is 0 Å². The Bertz CT molecular complexity index is 336. The van der Waals surface area contributed by atoms with E-state index in [0.717, 1.165) is 0 Å². The first-order chi connectivity index (χ1) is 17.2. The zero-order chi connectivity index (χ0) is 25.7. The Labute approximate surface area is 226 Å². The van der Waals surface area contributed by atoms with Crippen molar-refractivity contribution >= 4 is 7.26 Å². The molecule has 214 valence electrons. The summed E-state index contributed by atoms with van der Waals surface area (Å²) >= 11 is 0. The van der Waals surface area contributed by atoms with Gasteiger partial charge in [-0.25, -0.2) is 0 Å². The summed E-state index contributed by atoms with van der Waals surface area (Å²) in [7, 11) is -1.08. The van der Waals surface area contributed by atoms with Crippen LogP contribution in [0, 0.1) is 0 Å². The zero-order valence-electron chi connectivity index (χ0n) is 25.7. The van der Waals surface area contributed by atoms with Gasteiger partial charge in [-0.05, 0) is 0 Å². The van der Waals surface area contributed by atoms with E-state index < -0.39 is 7.26 Å². The van der Waals surface area contributed by atoms with Gasteiger partial charge in [0.05, 0.1) is 0 Å². The topological polar surface area (TPSA) is 0 Å². The van der Waals surface area contributed by atoms with Gasteiger partial charge in [0.2, 0.25) is 0 Å². The van der Waals surface area contributed by atoms with E-state index in [1.807, 2.05) is 0 Å². The SMILES string of the molecule is CCCCCCCCCC[PH](CCCCCCCC)(CCCCCCCC)CCCCCCCC. The van der Waals surface area contributed by atoms with Crippen LogP contribution >= 0.6 is 7.26 Å². The molecule has 0 aliphatic rings. The molecule has 0 spiro atoms. The monoisotopic (exact) mass is 513 g/mol. The summed E-state index contributed by atoms with van der Waals surface area (Å²) in [6.07, 6.45) is 45.4. The first kappa shape index (κ1) is 35.4. The minimum absolute atomic E-state index is 1.08. The van der Waals surface area contributed by atoms with E-state index in [4.69, 9.17) is 0 Å². The van der Waals surface area contributed by atoms with E-state index in [0.29, 0.717) is 0 Å². The summed E-state index contributed by atoms with van der Waals surface area (Å²) in [5.41, 5.74) is 0. The molecule has 0 aromatic carbocycles. The number of rotatable bonds is 30. The summed E-state index contributed by atoms with van der Waals surface area (Å²) in [6, 6.07) is 0. The third-order valence-electron chi connectivity index (χ3n) is 8.74. The maximum atomic E-state index is 2.35. The standard InChI is InChI=1S/C34H73P/c1-5-9-13-17-21-22-26-30-34-35(31-27-23-18-14-10-6-2,32-28-24-19-15-11-7-3)33-29-25-20-16-12-8-4/h35H,5-34H2,1-4H3. The van der Waals surface area contributed by atoms with Gasteiger partial charge in [0.25, 0.3) is 0 Å². The Morgan fingerprint density at radius 3 is 0.600 bits per heavy atom. The van der Waals surface area contributed by atoms with Crippen LogP contribution in [0.3, 0.4) is 0 Å². The Morgan fingerprint density at radius 1 is 0.229 bits per heavy atom. The summed E-state index contributed by atoms with van der Waals surface area (Å²) in [5, 5.41) is 0. The molecule has 0 nitrogen and oxygen atoms in total. The normalized spacial score (nSPS) is 12.5. The van der Waals surface area contributed by atoms with Crippen molar-refractivity contribution in [3.05, 3.63) is 0 Å². The first-order valence-electron chi connectivity index (χ1n) is 17.2. The molecular formula is C34H73P. The van der Waals surface area contributed by atoms with Crippen molar-refractivity contribution in [1.82, 2.24) is 0 Å². The van der Waals surface area contributed by atoms with E-state index >= 15 is 0 Å². The predicted octanol–water partition coefficient (Wildman–Crippen LogP) is 13.0. The fourth-order valence-electron chi connectivity index (χ4n) is 6.22. The Morgan fingerprint density at radius 2 is 0.400 bits per heavy atom. The number of hydrogen-bond donors (Lipinski definition) is 0. The van der Waals surface area contributed by atoms with Gasteiger partial charge in [-0.15, -0.1) is 0 Å². The maximum absolute atomic E-state index is 2.35. The van der Waals surface area contributed by atoms with Crippen molar-refractivity contribution in [3.63, 3.8) is 0 Å². The average molecular weight is 513 g/mol. The van der Waals surface area contributed by atoms with Crippen LogP contribution in [0.15, 0.2) is 0 Å². The first-order valence-corrected chi connectivity index (χ1v) is 20.1. The molecule has 0 aliphatic carbocycles. The van der Waals surface area contributed by atoms with E-state index in [-0.39, 0.29) is 0 Å². The van der Waals surface area contributed by atoms with Gasteiger partial charge >= 0.3 is 227 Å². The quantitative estimate of drug-likeness (QED) is 0.0663. The van der Waals surface area contributed by atoms with Crippen LogP contribution in [0.5, 0.6) is 0 Å². The van der Waals surface area contributed by atoms with Gasteiger partial charge in [0.1, 0.15) is 0 Å². The van der Waals surface area contributed by atoms with Crippen molar-refractivity contribution in [1.29, 1.82) is 0 Å². The molecule has 0 unspecified atom stereocenters. The number of unbranched alkanes of at least 4 members (excludes halogenated alkanes) is 22. The number of hydrogen-bond acceptors (Lipinski definition) is 0. The molecule has 0 radical (unpaired) electrons. The zero-order valence-corrected chi connectivity index (χ0v) is 26.7. The van der Waals surface area contributed by atoms with Crippen molar-refractivity contribution < 1.29 is 0 Å². The third kappa shape index (κ3) is 24.5. The van der Waals surface area contributed by atoms with Crippen LogP contribution in [0.4, 0.5) is 0 Å². The average Bonchev–Trinajstić information content (AvgIpc) is 2.87. The van der Waals surface area contributed by atoms with Crippen LogP contribution in [0.25, 0.3) is 0 Å². The molecule has 0 aliphatic heterocycles. The van der Waals surface area contributed by atoms with E-state index in [1.54, 1.807) is 50.3 Å². The van der Waals surface area contributed by atoms with Crippen molar-refractivity contribution in [3.8, 4) is 0 Å². The molecule has 0 saturated carbocycles. The molecule has 0 bridgehead atoms. The van der Waals surface area contributed by atoms with Crippen LogP contribution in [-0.2, 0) is 0 Å². The van der Waals surface area contributed by atoms with Crippen molar-refractivity contribution in [2.24, 2.45) is 0 Å². The van der Waals surface area contributed by atoms with E-state index in [9.17, 15) is 0 Å². The van der Waals surface area contributed by atoms with Crippen molar-refractivity contribution in [2.75, 3.05) is 24.6 Å². The summed E-state index contributed by atoms with van der Waals surface area (Å²) in [5.74, 6) is 0. The predicted molar refractivity (Wildman–Crippen MR) is 171 cm³/mol. The second-order valence-corrected chi connectivity index (χ2v) is 17.3. The van der Waals surface area contributed by atoms with Crippen LogP contribution in [0.1, 0.15) is 195 Å². The van der Waals surface area contributed by atoms with Crippen LogP contribution in [0.2, 0.25) is 0 Å². The molecule has 0 atom stereocenters. The molecule has 0 aromatic rings. The Balaban J connectivity index is 4.74. The van der Waals surface area contributed by atoms with Gasteiger partial charge in [0.15, 0.2) is 0 Å². The molecule has 0 amide bonds. The molecular weight excluding hydrogens is 439 g/mol. The molecule has 0 rings (SSSR count). The Hall–Kier alpha value is 0.430. The summed E-state index contributed by atoms with van der Waals surface area (Å²) in [4.78, 5) is 0. The van der Waals surface area contributed by atoms with Crippen LogP contribution < -0.4 is 0 Å². The molecule has 1 heteroatoms. The van der Waals surface area contributed by atoms with Gasteiger partial charge < -0.3 is 0 Å². The molecule has 35 heavy (non-hydrogen) atoms. The summed E-state index contributed by atoms with van der Waals surface area (Å²) in [6.45, 7) is 9.38. The molecule has 0 N–H and O–H groups in total. The third-order valence-corrected chi connectivity index (χ3v) is 14.4. The molecule has 0 saturated heterocycles. The van der Waals surface area contributed by atoms with Gasteiger partial charge in [-0.2, -0.15) is 0 Å². The Kier molecular flexibility index (Phi) is 29.3.